The van der Waals surface area contributed by atoms with Crippen molar-refractivity contribution in [2.75, 3.05) is 12.3 Å². The minimum atomic E-state index is -0.620. The molecular formula is C24H27N5O2. The first-order valence-corrected chi connectivity index (χ1v) is 10.5. The van der Waals surface area contributed by atoms with Crippen LogP contribution in [-0.2, 0) is 16.1 Å². The van der Waals surface area contributed by atoms with Crippen molar-refractivity contribution in [2.24, 2.45) is 0 Å². The van der Waals surface area contributed by atoms with Crippen molar-refractivity contribution >= 4 is 28.4 Å². The second-order valence-electron chi connectivity index (χ2n) is 8.00. The van der Waals surface area contributed by atoms with E-state index in [4.69, 9.17) is 5.73 Å². The second-order valence-corrected chi connectivity index (χ2v) is 8.00. The number of aromatic nitrogens is 1. The molecule has 7 nitrogen and oxygen atoms in total. The Bertz CT molecular complexity index is 1090. The summed E-state index contributed by atoms with van der Waals surface area (Å²) in [6, 6.07) is 16.9. The number of nitrogens with two attached hydrogens (primary N) is 1. The lowest BCUT2D eigenvalue weighted by atomic mass is 9.96. The number of hydrogen-bond donors (Lipinski definition) is 4. The average molecular weight is 418 g/mol. The van der Waals surface area contributed by atoms with E-state index in [0.29, 0.717) is 18.3 Å². The number of fused-ring (bicyclic) bond motifs is 1. The molecule has 0 unspecified atom stereocenters. The normalized spacial score (nSPS) is 19.1. The molecule has 0 bridgehead atoms. The number of nitrogen functional groups attached to an aromatic ring is 1. The first kappa shape index (κ1) is 20.8. The van der Waals surface area contributed by atoms with Crippen LogP contribution in [0.3, 0.4) is 0 Å². The number of benzene rings is 2. The summed E-state index contributed by atoms with van der Waals surface area (Å²) in [6.07, 6.45) is 2.39. The molecule has 1 aliphatic heterocycles. The molecule has 3 aromatic rings. The van der Waals surface area contributed by atoms with E-state index in [1.165, 1.54) is 5.56 Å². The van der Waals surface area contributed by atoms with Gasteiger partial charge in [0.25, 0.3) is 0 Å². The van der Waals surface area contributed by atoms with Gasteiger partial charge in [-0.15, -0.1) is 0 Å². The molecule has 5 N–H and O–H groups in total. The molecule has 1 fully saturated rings. The minimum Gasteiger partial charge on any atom is -0.383 e. The highest BCUT2D eigenvalue weighted by molar-refractivity contribution is 5.91. The van der Waals surface area contributed by atoms with Crippen molar-refractivity contribution in [3.05, 3.63) is 71.9 Å². The van der Waals surface area contributed by atoms with Crippen molar-refractivity contribution in [2.45, 2.75) is 37.9 Å². The molecule has 2 heterocycles. The summed E-state index contributed by atoms with van der Waals surface area (Å²) in [7, 11) is 0. The van der Waals surface area contributed by atoms with Gasteiger partial charge >= 0.3 is 0 Å². The molecule has 7 heteroatoms. The maximum Gasteiger partial charge on any atom is 0.242 e. The third-order valence-corrected chi connectivity index (χ3v) is 5.80. The van der Waals surface area contributed by atoms with Gasteiger partial charge in [-0.2, -0.15) is 0 Å². The van der Waals surface area contributed by atoms with Gasteiger partial charge in [0.05, 0.1) is 6.04 Å². The molecule has 1 aromatic heterocycles. The van der Waals surface area contributed by atoms with Crippen LogP contribution in [0.4, 0.5) is 5.82 Å². The average Bonchev–Trinajstić information content (AvgIpc) is 3.28. The van der Waals surface area contributed by atoms with E-state index in [9.17, 15) is 9.59 Å². The zero-order chi connectivity index (χ0) is 21.8. The number of carbonyl (C=O) groups is 2. The molecule has 3 atom stereocenters. The van der Waals surface area contributed by atoms with Gasteiger partial charge in [-0.05, 0) is 47.9 Å². The molecule has 4 rings (SSSR count). The van der Waals surface area contributed by atoms with E-state index in [1.54, 1.807) is 13.1 Å². The molecule has 0 aliphatic carbocycles. The lowest BCUT2D eigenvalue weighted by Crippen LogP contribution is -2.49. The Kier molecular flexibility index (Phi) is 6.13. The number of nitrogens with zero attached hydrogens (tertiary/aromatic N) is 1. The SMILES string of the molecule is C[C@H](NC(=O)[C@H]1C[C@H](c2ccccc2)CN1)C(=O)NCc1ccc2c(N)nccc2c1. The van der Waals surface area contributed by atoms with Crippen molar-refractivity contribution < 1.29 is 9.59 Å². The Hall–Kier alpha value is -3.45. The molecule has 1 saturated heterocycles. The third kappa shape index (κ3) is 4.83. The summed E-state index contributed by atoms with van der Waals surface area (Å²) in [5.74, 6) is 0.424. The van der Waals surface area contributed by atoms with Crippen LogP contribution in [0.25, 0.3) is 10.8 Å². The molecule has 1 aliphatic rings. The zero-order valence-corrected chi connectivity index (χ0v) is 17.5. The number of amides is 2. The molecule has 160 valence electrons. The van der Waals surface area contributed by atoms with Gasteiger partial charge in [-0.3, -0.25) is 9.59 Å². The number of hydrogen-bond acceptors (Lipinski definition) is 5. The predicted octanol–water partition coefficient (Wildman–Crippen LogP) is 2.08. The van der Waals surface area contributed by atoms with Crippen LogP contribution in [0, 0.1) is 0 Å². The number of carbonyl (C=O) groups excluding carboxylic acids is 2. The fourth-order valence-corrected chi connectivity index (χ4v) is 4.00. The highest BCUT2D eigenvalue weighted by atomic mass is 16.2. The maximum atomic E-state index is 12.6. The smallest absolute Gasteiger partial charge is 0.242 e. The van der Waals surface area contributed by atoms with Crippen LogP contribution in [-0.4, -0.2) is 35.4 Å². The maximum absolute atomic E-state index is 12.6. The lowest BCUT2D eigenvalue weighted by Gasteiger charge is -2.17. The van der Waals surface area contributed by atoms with Crippen LogP contribution >= 0.6 is 0 Å². The molecule has 0 radical (unpaired) electrons. The third-order valence-electron chi connectivity index (χ3n) is 5.80. The molecule has 2 aromatic carbocycles. The van der Waals surface area contributed by atoms with Gasteiger partial charge in [0.2, 0.25) is 11.8 Å². The van der Waals surface area contributed by atoms with Crippen LogP contribution < -0.4 is 21.7 Å². The Morgan fingerprint density at radius 1 is 1.19 bits per heavy atom. The van der Waals surface area contributed by atoms with E-state index in [2.05, 4.69) is 33.1 Å². The summed E-state index contributed by atoms with van der Waals surface area (Å²) in [4.78, 5) is 29.2. The van der Waals surface area contributed by atoms with Crippen LogP contribution in [0.5, 0.6) is 0 Å². The molecular weight excluding hydrogens is 390 g/mol. The number of rotatable bonds is 6. The summed E-state index contributed by atoms with van der Waals surface area (Å²) in [5.41, 5.74) is 8.06. The number of nitrogens with one attached hydrogen (secondary N) is 3. The Morgan fingerprint density at radius 3 is 2.81 bits per heavy atom. The molecule has 0 spiro atoms. The van der Waals surface area contributed by atoms with E-state index < -0.39 is 6.04 Å². The van der Waals surface area contributed by atoms with Gasteiger partial charge in [-0.25, -0.2) is 4.98 Å². The minimum absolute atomic E-state index is 0.144. The van der Waals surface area contributed by atoms with Crippen molar-refractivity contribution in [1.82, 2.24) is 20.9 Å². The fraction of sp³-hybridized carbons (Fsp3) is 0.292. The van der Waals surface area contributed by atoms with E-state index in [-0.39, 0.29) is 17.9 Å². The second kappa shape index (κ2) is 9.14. The van der Waals surface area contributed by atoms with E-state index >= 15 is 0 Å². The largest absolute Gasteiger partial charge is 0.383 e. The highest BCUT2D eigenvalue weighted by Gasteiger charge is 2.31. The van der Waals surface area contributed by atoms with Gasteiger partial charge in [0.15, 0.2) is 0 Å². The Labute approximate surface area is 181 Å². The van der Waals surface area contributed by atoms with Crippen LogP contribution in [0.2, 0.25) is 0 Å². The Morgan fingerprint density at radius 2 is 2.00 bits per heavy atom. The van der Waals surface area contributed by atoms with Gasteiger partial charge < -0.3 is 21.7 Å². The van der Waals surface area contributed by atoms with Gasteiger partial charge in [-0.1, -0.05) is 42.5 Å². The summed E-state index contributed by atoms with van der Waals surface area (Å²) >= 11 is 0. The summed E-state index contributed by atoms with van der Waals surface area (Å²) < 4.78 is 0. The molecule has 0 saturated carbocycles. The Balaban J connectivity index is 1.28. The van der Waals surface area contributed by atoms with Crippen molar-refractivity contribution in [1.29, 1.82) is 0 Å². The van der Waals surface area contributed by atoms with Crippen molar-refractivity contribution in [3.63, 3.8) is 0 Å². The summed E-state index contributed by atoms with van der Waals surface area (Å²) in [6.45, 7) is 2.82. The number of pyridine rings is 1. The van der Waals surface area contributed by atoms with Crippen LogP contribution in [0.1, 0.15) is 30.4 Å². The van der Waals surface area contributed by atoms with Crippen LogP contribution in [0.15, 0.2) is 60.8 Å². The fourth-order valence-electron chi connectivity index (χ4n) is 4.00. The zero-order valence-electron chi connectivity index (χ0n) is 17.5. The van der Waals surface area contributed by atoms with E-state index in [1.807, 2.05) is 42.5 Å². The lowest BCUT2D eigenvalue weighted by molar-refractivity contribution is -0.129. The monoisotopic (exact) mass is 417 g/mol. The summed E-state index contributed by atoms with van der Waals surface area (Å²) in [5, 5.41) is 10.8. The topological polar surface area (TPSA) is 109 Å². The predicted molar refractivity (Wildman–Crippen MR) is 121 cm³/mol. The van der Waals surface area contributed by atoms with Gasteiger partial charge in [0, 0.05) is 24.7 Å². The highest BCUT2D eigenvalue weighted by Crippen LogP contribution is 2.25. The first-order chi connectivity index (χ1) is 15.0. The molecule has 31 heavy (non-hydrogen) atoms. The number of anilines is 1. The van der Waals surface area contributed by atoms with Crippen molar-refractivity contribution in [3.8, 4) is 0 Å². The first-order valence-electron chi connectivity index (χ1n) is 10.5. The van der Waals surface area contributed by atoms with E-state index in [0.717, 1.165) is 29.3 Å². The quantitative estimate of drug-likeness (QED) is 0.491. The van der Waals surface area contributed by atoms with Gasteiger partial charge in [0.1, 0.15) is 11.9 Å². The molecule has 2 amide bonds. The standard InChI is InChI=1S/C24H27N5O2/c1-15(29-24(31)21-12-19(14-27-21)17-5-3-2-4-6-17)23(30)28-13-16-7-8-20-18(11-16)9-10-26-22(20)25/h2-11,15,19,21,27H,12-14H2,1H3,(H2,25,26)(H,28,30)(H,29,31)/t15-,19-,21+/m0/s1.